The number of anilines is 1. The summed E-state index contributed by atoms with van der Waals surface area (Å²) in [6.45, 7) is -0.299. The van der Waals surface area contributed by atoms with E-state index in [9.17, 15) is 19.1 Å². The summed E-state index contributed by atoms with van der Waals surface area (Å²) >= 11 is 0. The summed E-state index contributed by atoms with van der Waals surface area (Å²) in [5, 5.41) is 12.2. The summed E-state index contributed by atoms with van der Waals surface area (Å²) in [5.74, 6) is -1.13. The van der Waals surface area contributed by atoms with Crippen molar-refractivity contribution in [1.29, 1.82) is 0 Å². The molecule has 0 fully saturated rings. The fourth-order valence-electron chi connectivity index (χ4n) is 2.17. The minimum atomic E-state index is -0.548. The number of amides is 1. The number of carbonyl (C=O) groups is 1. The number of nitrogens with zero attached hydrogens (tertiary/aromatic N) is 2. The lowest BCUT2D eigenvalue weighted by molar-refractivity contribution is -0.116. The van der Waals surface area contributed by atoms with E-state index in [1.165, 1.54) is 30.6 Å². The molecule has 0 bridgehead atoms. The maximum atomic E-state index is 13.3. The predicted molar refractivity (Wildman–Crippen MR) is 82.7 cm³/mol. The number of nitrogens with one attached hydrogen (secondary N) is 1. The number of hydrogen-bond donors (Lipinski definition) is 2. The van der Waals surface area contributed by atoms with Crippen molar-refractivity contribution in [2.45, 2.75) is 6.54 Å². The molecular formula is C16H12FN3O3. The lowest BCUT2D eigenvalue weighted by atomic mass is 10.2. The molecule has 3 rings (SSSR count). The average molecular weight is 313 g/mol. The molecular weight excluding hydrogens is 301 g/mol. The minimum Gasteiger partial charge on any atom is -0.506 e. The van der Waals surface area contributed by atoms with Crippen molar-refractivity contribution < 1.29 is 14.3 Å². The van der Waals surface area contributed by atoms with Crippen LogP contribution in [-0.2, 0) is 11.3 Å². The number of aromatic hydroxyl groups is 1. The molecule has 1 amide bonds. The van der Waals surface area contributed by atoms with Gasteiger partial charge in [0.1, 0.15) is 18.1 Å². The van der Waals surface area contributed by atoms with Crippen molar-refractivity contribution in [3.63, 3.8) is 0 Å². The van der Waals surface area contributed by atoms with Crippen molar-refractivity contribution in [1.82, 2.24) is 9.55 Å². The Balaban J connectivity index is 1.87. The molecule has 0 aliphatic heterocycles. The van der Waals surface area contributed by atoms with E-state index in [1.54, 1.807) is 12.1 Å². The smallest absolute Gasteiger partial charge is 0.261 e. The van der Waals surface area contributed by atoms with E-state index in [0.717, 1.165) is 10.6 Å². The number of rotatable bonds is 3. The number of aromatic nitrogens is 2. The number of benzene rings is 2. The Morgan fingerprint density at radius 3 is 2.83 bits per heavy atom. The Hall–Kier alpha value is -3.22. The number of halogens is 1. The third kappa shape index (κ3) is 3.03. The fraction of sp³-hybridized carbons (Fsp3) is 0.0625. The average Bonchev–Trinajstić information content (AvgIpc) is 2.53. The Morgan fingerprint density at radius 1 is 1.26 bits per heavy atom. The number of para-hydroxylation sites is 2. The van der Waals surface area contributed by atoms with Gasteiger partial charge in [0.25, 0.3) is 5.56 Å². The SMILES string of the molecule is O=C(Cn1cnc2ccc(F)cc2c1=O)Nc1ccccc1O. The third-order valence-corrected chi connectivity index (χ3v) is 3.28. The molecule has 0 saturated carbocycles. The summed E-state index contributed by atoms with van der Waals surface area (Å²) in [6.07, 6.45) is 1.23. The summed E-state index contributed by atoms with van der Waals surface area (Å²) in [6, 6.07) is 9.94. The van der Waals surface area contributed by atoms with Crippen molar-refractivity contribution in [3.05, 3.63) is 65.0 Å². The quantitative estimate of drug-likeness (QED) is 0.723. The van der Waals surface area contributed by atoms with E-state index in [2.05, 4.69) is 10.3 Å². The van der Waals surface area contributed by atoms with Crippen LogP contribution in [0.15, 0.2) is 53.6 Å². The summed E-state index contributed by atoms with van der Waals surface area (Å²) in [5.41, 5.74) is 0.0843. The molecule has 3 aromatic rings. The molecule has 23 heavy (non-hydrogen) atoms. The maximum absolute atomic E-state index is 13.3. The van der Waals surface area contributed by atoms with Gasteiger partial charge in [0.2, 0.25) is 5.91 Å². The highest BCUT2D eigenvalue weighted by molar-refractivity contribution is 5.92. The molecule has 0 spiro atoms. The Bertz CT molecular complexity index is 953. The summed E-state index contributed by atoms with van der Waals surface area (Å²) in [7, 11) is 0. The number of phenolic OH excluding ortho intramolecular Hbond substituents is 1. The lowest BCUT2D eigenvalue weighted by Gasteiger charge is -2.09. The van der Waals surface area contributed by atoms with E-state index in [4.69, 9.17) is 0 Å². The van der Waals surface area contributed by atoms with E-state index >= 15 is 0 Å². The van der Waals surface area contributed by atoms with Crippen LogP contribution in [0.3, 0.4) is 0 Å². The van der Waals surface area contributed by atoms with Gasteiger partial charge in [-0.3, -0.25) is 14.2 Å². The second-order valence-electron chi connectivity index (χ2n) is 4.90. The van der Waals surface area contributed by atoms with Crippen LogP contribution >= 0.6 is 0 Å². The summed E-state index contributed by atoms with van der Waals surface area (Å²) in [4.78, 5) is 28.3. The lowest BCUT2D eigenvalue weighted by Crippen LogP contribution is -2.28. The molecule has 0 aliphatic rings. The molecule has 0 unspecified atom stereocenters. The molecule has 2 N–H and O–H groups in total. The first-order chi connectivity index (χ1) is 11.0. The first-order valence-corrected chi connectivity index (χ1v) is 6.77. The molecule has 1 heterocycles. The number of carbonyl (C=O) groups excluding carboxylic acids is 1. The van der Waals surface area contributed by atoms with Crippen LogP contribution in [0.25, 0.3) is 10.9 Å². The Morgan fingerprint density at radius 2 is 2.04 bits per heavy atom. The highest BCUT2D eigenvalue weighted by Crippen LogP contribution is 2.21. The van der Waals surface area contributed by atoms with Gasteiger partial charge in [-0.1, -0.05) is 12.1 Å². The van der Waals surface area contributed by atoms with Crippen molar-refractivity contribution in [2.75, 3.05) is 5.32 Å². The zero-order valence-corrected chi connectivity index (χ0v) is 11.9. The van der Waals surface area contributed by atoms with Crippen molar-refractivity contribution in [3.8, 4) is 5.75 Å². The van der Waals surface area contributed by atoms with Gasteiger partial charge in [-0.2, -0.15) is 0 Å². The van der Waals surface area contributed by atoms with Gasteiger partial charge < -0.3 is 10.4 Å². The molecule has 0 aliphatic carbocycles. The topological polar surface area (TPSA) is 84.2 Å². The highest BCUT2D eigenvalue weighted by atomic mass is 19.1. The van der Waals surface area contributed by atoms with Crippen LogP contribution in [0.1, 0.15) is 0 Å². The minimum absolute atomic E-state index is 0.0769. The molecule has 116 valence electrons. The van der Waals surface area contributed by atoms with Gasteiger partial charge >= 0.3 is 0 Å². The summed E-state index contributed by atoms with van der Waals surface area (Å²) < 4.78 is 14.3. The van der Waals surface area contributed by atoms with Gasteiger partial charge in [-0.05, 0) is 30.3 Å². The Kier molecular flexibility index (Phi) is 3.76. The van der Waals surface area contributed by atoms with Gasteiger partial charge in [0, 0.05) is 0 Å². The van der Waals surface area contributed by atoms with Gasteiger partial charge in [0.05, 0.1) is 22.9 Å². The van der Waals surface area contributed by atoms with E-state index in [1.807, 2.05) is 0 Å². The van der Waals surface area contributed by atoms with Gasteiger partial charge in [0.15, 0.2) is 0 Å². The zero-order chi connectivity index (χ0) is 16.4. The number of phenols is 1. The normalized spacial score (nSPS) is 10.7. The first-order valence-electron chi connectivity index (χ1n) is 6.77. The Labute approximate surface area is 129 Å². The third-order valence-electron chi connectivity index (χ3n) is 3.28. The van der Waals surface area contributed by atoms with Crippen molar-refractivity contribution >= 4 is 22.5 Å². The van der Waals surface area contributed by atoms with Crippen LogP contribution in [-0.4, -0.2) is 20.6 Å². The molecule has 1 aromatic heterocycles. The van der Waals surface area contributed by atoms with E-state index in [-0.39, 0.29) is 23.4 Å². The van der Waals surface area contributed by atoms with Crippen LogP contribution < -0.4 is 10.9 Å². The van der Waals surface area contributed by atoms with Crippen LogP contribution in [0.4, 0.5) is 10.1 Å². The van der Waals surface area contributed by atoms with E-state index < -0.39 is 17.3 Å². The monoisotopic (exact) mass is 313 g/mol. The second kappa shape index (κ2) is 5.88. The second-order valence-corrected chi connectivity index (χ2v) is 4.90. The highest BCUT2D eigenvalue weighted by Gasteiger charge is 2.10. The number of hydrogen-bond acceptors (Lipinski definition) is 4. The standard InChI is InChI=1S/C16H12FN3O3/c17-10-5-6-12-11(7-10)16(23)20(9-18-12)8-15(22)19-13-3-1-2-4-14(13)21/h1-7,9,21H,8H2,(H,19,22). The van der Waals surface area contributed by atoms with Gasteiger partial charge in [-0.25, -0.2) is 9.37 Å². The van der Waals surface area contributed by atoms with Gasteiger partial charge in [-0.15, -0.1) is 0 Å². The van der Waals surface area contributed by atoms with Crippen LogP contribution in [0.5, 0.6) is 5.75 Å². The molecule has 2 aromatic carbocycles. The molecule has 6 nitrogen and oxygen atoms in total. The zero-order valence-electron chi connectivity index (χ0n) is 11.9. The molecule has 7 heteroatoms. The molecule has 0 atom stereocenters. The van der Waals surface area contributed by atoms with E-state index in [0.29, 0.717) is 5.52 Å². The van der Waals surface area contributed by atoms with Crippen LogP contribution in [0.2, 0.25) is 0 Å². The predicted octanol–water partition coefficient (Wildman–Crippen LogP) is 1.88. The molecule has 0 radical (unpaired) electrons. The molecule has 0 saturated heterocycles. The fourth-order valence-corrected chi connectivity index (χ4v) is 2.17. The first kappa shape index (κ1) is 14.7. The van der Waals surface area contributed by atoms with Crippen LogP contribution in [0, 0.1) is 5.82 Å². The number of fused-ring (bicyclic) bond motifs is 1. The largest absolute Gasteiger partial charge is 0.506 e. The maximum Gasteiger partial charge on any atom is 0.261 e. The van der Waals surface area contributed by atoms with Crippen molar-refractivity contribution in [2.24, 2.45) is 0 Å².